The van der Waals surface area contributed by atoms with Crippen molar-refractivity contribution in [3.8, 4) is 0 Å². The van der Waals surface area contributed by atoms with Crippen molar-refractivity contribution in [2.75, 3.05) is 12.4 Å². The van der Waals surface area contributed by atoms with Crippen LogP contribution in [-0.2, 0) is 13.1 Å². The van der Waals surface area contributed by atoms with Gasteiger partial charge in [0.25, 0.3) is 11.6 Å². The van der Waals surface area contributed by atoms with Crippen LogP contribution in [-0.4, -0.2) is 27.7 Å². The van der Waals surface area contributed by atoms with Gasteiger partial charge in [-0.3, -0.25) is 19.6 Å². The summed E-state index contributed by atoms with van der Waals surface area (Å²) in [7, 11) is 1.60. The highest BCUT2D eigenvalue weighted by atomic mass is 16.6. The molecule has 8 nitrogen and oxygen atoms in total. The van der Waals surface area contributed by atoms with Gasteiger partial charge in [0.1, 0.15) is 5.69 Å². The Morgan fingerprint density at radius 1 is 1.19 bits per heavy atom. The number of anilines is 1. The number of nitrogens with zero attached hydrogens (tertiary/aromatic N) is 3. The lowest BCUT2D eigenvalue weighted by atomic mass is 10.1. The molecule has 27 heavy (non-hydrogen) atoms. The Morgan fingerprint density at radius 2 is 1.96 bits per heavy atom. The van der Waals surface area contributed by atoms with Crippen molar-refractivity contribution in [3.63, 3.8) is 0 Å². The van der Waals surface area contributed by atoms with Gasteiger partial charge in [0.05, 0.1) is 11.5 Å². The van der Waals surface area contributed by atoms with E-state index in [0.29, 0.717) is 18.8 Å². The minimum absolute atomic E-state index is 0.135. The molecular formula is C19H19N5O3. The van der Waals surface area contributed by atoms with Gasteiger partial charge in [-0.25, -0.2) is 0 Å². The van der Waals surface area contributed by atoms with Crippen molar-refractivity contribution in [1.82, 2.24) is 15.1 Å². The van der Waals surface area contributed by atoms with E-state index in [0.717, 1.165) is 11.1 Å². The van der Waals surface area contributed by atoms with Crippen LogP contribution in [0.25, 0.3) is 0 Å². The van der Waals surface area contributed by atoms with Gasteiger partial charge in [0, 0.05) is 37.6 Å². The van der Waals surface area contributed by atoms with Gasteiger partial charge in [-0.1, -0.05) is 24.3 Å². The van der Waals surface area contributed by atoms with Gasteiger partial charge in [-0.05, 0) is 29.3 Å². The van der Waals surface area contributed by atoms with Crippen molar-refractivity contribution in [2.45, 2.75) is 13.1 Å². The van der Waals surface area contributed by atoms with Crippen LogP contribution >= 0.6 is 0 Å². The quantitative estimate of drug-likeness (QED) is 0.495. The van der Waals surface area contributed by atoms with E-state index < -0.39 is 4.92 Å². The van der Waals surface area contributed by atoms with Crippen LogP contribution in [0.4, 0.5) is 11.4 Å². The summed E-state index contributed by atoms with van der Waals surface area (Å²) in [5.74, 6) is -0.366. The maximum atomic E-state index is 12.4. The summed E-state index contributed by atoms with van der Waals surface area (Å²) in [4.78, 5) is 23.1. The fourth-order valence-corrected chi connectivity index (χ4v) is 2.77. The molecule has 1 heterocycles. The summed E-state index contributed by atoms with van der Waals surface area (Å²) in [5, 5.41) is 20.9. The van der Waals surface area contributed by atoms with E-state index in [1.165, 1.54) is 12.1 Å². The fraction of sp³-hybridized carbons (Fsp3) is 0.158. The first-order chi connectivity index (χ1) is 13.1. The number of nitro benzene ring substituents is 1. The van der Waals surface area contributed by atoms with E-state index in [2.05, 4.69) is 15.7 Å². The summed E-state index contributed by atoms with van der Waals surface area (Å²) in [6.45, 7) is 0.916. The molecule has 3 aromatic rings. The fourth-order valence-electron chi connectivity index (χ4n) is 2.77. The van der Waals surface area contributed by atoms with Crippen LogP contribution in [0.3, 0.4) is 0 Å². The molecule has 0 bridgehead atoms. The van der Waals surface area contributed by atoms with Crippen LogP contribution in [0, 0.1) is 10.1 Å². The molecule has 0 radical (unpaired) electrons. The number of carbonyl (C=O) groups excluding carboxylic acids is 1. The third kappa shape index (κ3) is 4.30. The molecule has 0 spiro atoms. The number of aromatic nitrogens is 2. The first-order valence-corrected chi connectivity index (χ1v) is 8.37. The SMILES string of the molecule is CNc1ccc(C(=O)NCc2ccccc2Cn2cccn2)cc1[N+](=O)[O-]. The third-order valence-electron chi connectivity index (χ3n) is 4.18. The second-order valence-corrected chi connectivity index (χ2v) is 5.89. The average molecular weight is 365 g/mol. The van der Waals surface area contributed by atoms with Gasteiger partial charge >= 0.3 is 0 Å². The maximum absolute atomic E-state index is 12.4. The van der Waals surface area contributed by atoms with Crippen molar-refractivity contribution in [1.29, 1.82) is 0 Å². The van der Waals surface area contributed by atoms with Crippen LogP contribution < -0.4 is 10.6 Å². The number of hydrogen-bond donors (Lipinski definition) is 2. The zero-order valence-electron chi connectivity index (χ0n) is 14.8. The zero-order chi connectivity index (χ0) is 19.2. The number of carbonyl (C=O) groups is 1. The number of hydrogen-bond acceptors (Lipinski definition) is 5. The Hall–Kier alpha value is -3.68. The lowest BCUT2D eigenvalue weighted by Gasteiger charge is -2.11. The van der Waals surface area contributed by atoms with Crippen LogP contribution in [0.2, 0.25) is 0 Å². The van der Waals surface area contributed by atoms with Gasteiger partial charge in [0.15, 0.2) is 0 Å². The Bertz CT molecular complexity index is 954. The Morgan fingerprint density at radius 3 is 2.63 bits per heavy atom. The maximum Gasteiger partial charge on any atom is 0.293 e. The summed E-state index contributed by atoms with van der Waals surface area (Å²) in [6.07, 6.45) is 3.59. The van der Waals surface area contributed by atoms with E-state index in [4.69, 9.17) is 0 Å². The summed E-state index contributed by atoms with van der Waals surface area (Å²) >= 11 is 0. The Labute approximate surface area is 156 Å². The molecule has 0 aliphatic rings. The molecule has 1 amide bonds. The molecule has 0 saturated heterocycles. The molecule has 8 heteroatoms. The van der Waals surface area contributed by atoms with Crippen molar-refractivity contribution < 1.29 is 9.72 Å². The molecule has 3 rings (SSSR count). The Kier molecular flexibility index (Phi) is 5.46. The molecule has 0 saturated carbocycles. The first-order valence-electron chi connectivity index (χ1n) is 8.37. The topological polar surface area (TPSA) is 102 Å². The van der Waals surface area contributed by atoms with E-state index in [1.807, 2.05) is 36.5 Å². The molecule has 0 aliphatic carbocycles. The molecule has 0 atom stereocenters. The standard InChI is InChI=1S/C19H19N5O3/c1-20-17-8-7-14(11-18(17)24(26)27)19(25)21-12-15-5-2-3-6-16(15)13-23-10-4-9-22-23/h2-11,20H,12-13H2,1H3,(H,21,25). The van der Waals surface area contributed by atoms with Crippen molar-refractivity contribution >= 4 is 17.3 Å². The predicted octanol–water partition coefficient (Wildman–Crippen LogP) is 2.81. The predicted molar refractivity (Wildman–Crippen MR) is 102 cm³/mol. The number of nitrogens with one attached hydrogen (secondary N) is 2. The summed E-state index contributed by atoms with van der Waals surface area (Å²) < 4.78 is 1.81. The molecule has 0 aliphatic heterocycles. The average Bonchev–Trinajstić information content (AvgIpc) is 3.19. The lowest BCUT2D eigenvalue weighted by Crippen LogP contribution is -2.23. The molecule has 1 aromatic heterocycles. The molecule has 0 unspecified atom stereocenters. The zero-order valence-corrected chi connectivity index (χ0v) is 14.8. The second kappa shape index (κ2) is 8.13. The first kappa shape index (κ1) is 18.1. The molecule has 138 valence electrons. The minimum atomic E-state index is -0.512. The molecule has 0 fully saturated rings. The van der Waals surface area contributed by atoms with E-state index in [-0.39, 0.29) is 17.2 Å². The highest BCUT2D eigenvalue weighted by Gasteiger charge is 2.17. The number of nitro groups is 1. The van der Waals surface area contributed by atoms with Crippen molar-refractivity contribution in [2.24, 2.45) is 0 Å². The normalized spacial score (nSPS) is 10.4. The van der Waals surface area contributed by atoms with E-state index in [1.54, 1.807) is 24.0 Å². The van der Waals surface area contributed by atoms with Crippen molar-refractivity contribution in [3.05, 3.63) is 87.7 Å². The Balaban J connectivity index is 1.73. The lowest BCUT2D eigenvalue weighted by molar-refractivity contribution is -0.384. The smallest absolute Gasteiger partial charge is 0.293 e. The van der Waals surface area contributed by atoms with Gasteiger partial charge in [-0.2, -0.15) is 5.10 Å². The monoisotopic (exact) mass is 365 g/mol. The highest BCUT2D eigenvalue weighted by Crippen LogP contribution is 2.25. The van der Waals surface area contributed by atoms with Crippen LogP contribution in [0.1, 0.15) is 21.5 Å². The molecule has 2 N–H and O–H groups in total. The largest absolute Gasteiger partial charge is 0.383 e. The van der Waals surface area contributed by atoms with Gasteiger partial charge in [-0.15, -0.1) is 0 Å². The minimum Gasteiger partial charge on any atom is -0.383 e. The number of amides is 1. The number of rotatable bonds is 7. The molecule has 2 aromatic carbocycles. The van der Waals surface area contributed by atoms with Gasteiger partial charge in [0.2, 0.25) is 0 Å². The highest BCUT2D eigenvalue weighted by molar-refractivity contribution is 5.95. The summed E-state index contributed by atoms with van der Waals surface area (Å²) in [5.41, 5.74) is 2.47. The number of benzene rings is 2. The third-order valence-corrected chi connectivity index (χ3v) is 4.18. The van der Waals surface area contributed by atoms with E-state index >= 15 is 0 Å². The van der Waals surface area contributed by atoms with E-state index in [9.17, 15) is 14.9 Å². The van der Waals surface area contributed by atoms with Gasteiger partial charge < -0.3 is 10.6 Å². The summed E-state index contributed by atoms with van der Waals surface area (Å²) in [6, 6.07) is 14.0. The molecular weight excluding hydrogens is 346 g/mol. The second-order valence-electron chi connectivity index (χ2n) is 5.89. The van der Waals surface area contributed by atoms with Crippen LogP contribution in [0.15, 0.2) is 60.9 Å². The van der Waals surface area contributed by atoms with Crippen LogP contribution in [0.5, 0.6) is 0 Å².